The Morgan fingerprint density at radius 2 is 2.04 bits per heavy atom. The van der Waals surface area contributed by atoms with Gasteiger partial charge in [0.15, 0.2) is 0 Å². The van der Waals surface area contributed by atoms with Crippen molar-refractivity contribution in [1.29, 1.82) is 0 Å². The molecule has 0 unspecified atom stereocenters. The largest absolute Gasteiger partial charge is 0.497 e. The van der Waals surface area contributed by atoms with Crippen LogP contribution in [0.4, 0.5) is 14.9 Å². The Bertz CT molecular complexity index is 795. The second kappa shape index (κ2) is 7.86. The molecule has 1 aliphatic rings. The minimum atomic E-state index is -0.399. The second-order valence-electron chi connectivity index (χ2n) is 6.06. The van der Waals surface area contributed by atoms with E-state index in [1.807, 2.05) is 24.3 Å². The van der Waals surface area contributed by atoms with Crippen molar-refractivity contribution in [3.05, 3.63) is 59.9 Å². The smallest absolute Gasteiger partial charge is 0.315 e. The molecule has 6 nitrogen and oxygen atoms in total. The van der Waals surface area contributed by atoms with Gasteiger partial charge in [0, 0.05) is 25.2 Å². The number of amides is 3. The summed E-state index contributed by atoms with van der Waals surface area (Å²) in [5, 5.41) is 5.55. The first-order chi connectivity index (χ1) is 12.5. The van der Waals surface area contributed by atoms with Crippen LogP contribution in [-0.4, -0.2) is 31.6 Å². The average molecular weight is 357 g/mol. The van der Waals surface area contributed by atoms with E-state index in [-0.39, 0.29) is 24.4 Å². The van der Waals surface area contributed by atoms with Crippen LogP contribution >= 0.6 is 0 Å². The molecule has 7 heteroatoms. The van der Waals surface area contributed by atoms with Crippen LogP contribution in [0.1, 0.15) is 12.0 Å². The number of halogens is 1. The maximum Gasteiger partial charge on any atom is 0.315 e. The van der Waals surface area contributed by atoms with Gasteiger partial charge < -0.3 is 20.3 Å². The highest BCUT2D eigenvalue weighted by Crippen LogP contribution is 2.22. The Hall–Kier alpha value is -3.09. The zero-order valence-corrected chi connectivity index (χ0v) is 14.4. The predicted octanol–water partition coefficient (Wildman–Crippen LogP) is 2.44. The number of carbonyl (C=O) groups is 2. The third-order valence-electron chi connectivity index (χ3n) is 4.19. The third-order valence-corrected chi connectivity index (χ3v) is 4.19. The number of carbonyl (C=O) groups excluding carboxylic acids is 2. The monoisotopic (exact) mass is 357 g/mol. The van der Waals surface area contributed by atoms with Gasteiger partial charge in [-0.2, -0.15) is 0 Å². The van der Waals surface area contributed by atoms with Crippen molar-refractivity contribution in [3.63, 3.8) is 0 Å². The summed E-state index contributed by atoms with van der Waals surface area (Å²) in [6.45, 7) is 0.683. The molecule has 0 aliphatic carbocycles. The van der Waals surface area contributed by atoms with E-state index >= 15 is 0 Å². The van der Waals surface area contributed by atoms with Crippen LogP contribution in [0.25, 0.3) is 0 Å². The fourth-order valence-electron chi connectivity index (χ4n) is 2.86. The van der Waals surface area contributed by atoms with Crippen molar-refractivity contribution in [2.24, 2.45) is 0 Å². The van der Waals surface area contributed by atoms with E-state index in [1.54, 1.807) is 19.2 Å². The quantitative estimate of drug-likeness (QED) is 0.863. The fraction of sp³-hybridized carbons (Fsp3) is 0.263. The van der Waals surface area contributed by atoms with Crippen molar-refractivity contribution in [2.75, 3.05) is 18.6 Å². The maximum absolute atomic E-state index is 13.3. The highest BCUT2D eigenvalue weighted by molar-refractivity contribution is 5.96. The molecule has 1 aliphatic heterocycles. The number of methoxy groups -OCH3 is 1. The molecule has 26 heavy (non-hydrogen) atoms. The van der Waals surface area contributed by atoms with Crippen LogP contribution in [0.15, 0.2) is 48.5 Å². The number of hydrogen-bond acceptors (Lipinski definition) is 3. The van der Waals surface area contributed by atoms with E-state index in [2.05, 4.69) is 10.6 Å². The Kier molecular flexibility index (Phi) is 5.36. The summed E-state index contributed by atoms with van der Waals surface area (Å²) in [5.41, 5.74) is 1.43. The fourth-order valence-corrected chi connectivity index (χ4v) is 2.86. The molecule has 2 N–H and O–H groups in total. The van der Waals surface area contributed by atoms with Gasteiger partial charge in [-0.15, -0.1) is 0 Å². The molecule has 0 spiro atoms. The molecular weight excluding hydrogens is 337 g/mol. The highest BCUT2D eigenvalue weighted by Gasteiger charge is 2.31. The van der Waals surface area contributed by atoms with Crippen molar-refractivity contribution in [3.8, 4) is 5.75 Å². The second-order valence-corrected chi connectivity index (χ2v) is 6.06. The van der Waals surface area contributed by atoms with Crippen LogP contribution in [0.2, 0.25) is 0 Å². The van der Waals surface area contributed by atoms with Gasteiger partial charge in [-0.25, -0.2) is 9.18 Å². The van der Waals surface area contributed by atoms with Crippen molar-refractivity contribution in [2.45, 2.75) is 19.0 Å². The summed E-state index contributed by atoms with van der Waals surface area (Å²) in [6.07, 6.45) is 0.187. The van der Waals surface area contributed by atoms with Gasteiger partial charge in [-0.05, 0) is 35.9 Å². The van der Waals surface area contributed by atoms with Gasteiger partial charge in [0.2, 0.25) is 5.91 Å². The van der Waals surface area contributed by atoms with Crippen LogP contribution in [0, 0.1) is 5.82 Å². The first-order valence-corrected chi connectivity index (χ1v) is 8.28. The first-order valence-electron chi connectivity index (χ1n) is 8.28. The normalized spacial score (nSPS) is 16.5. The van der Waals surface area contributed by atoms with E-state index in [9.17, 15) is 14.0 Å². The molecule has 1 saturated heterocycles. The molecule has 1 fully saturated rings. The standard InChI is InChI=1S/C19H20FN3O3/c1-26-17-7-5-13(6-8-17)11-21-19(25)22-15-10-18(24)23(12-15)16-4-2-3-14(20)9-16/h2-9,15H,10-12H2,1H3,(H2,21,22,25)/t15-/m0/s1. The Morgan fingerprint density at radius 3 is 2.73 bits per heavy atom. The number of ether oxygens (including phenoxy) is 1. The first kappa shape index (κ1) is 17.7. The minimum Gasteiger partial charge on any atom is -0.497 e. The lowest BCUT2D eigenvalue weighted by molar-refractivity contribution is -0.117. The van der Waals surface area contributed by atoms with Crippen LogP contribution in [0.3, 0.4) is 0 Å². The molecule has 0 bridgehead atoms. The van der Waals surface area contributed by atoms with Gasteiger partial charge in [0.05, 0.1) is 13.2 Å². The summed E-state index contributed by atoms with van der Waals surface area (Å²) in [6, 6.07) is 12.6. The van der Waals surface area contributed by atoms with Gasteiger partial charge in [-0.3, -0.25) is 4.79 Å². The molecule has 2 aromatic carbocycles. The molecule has 0 saturated carbocycles. The van der Waals surface area contributed by atoms with Crippen LogP contribution in [-0.2, 0) is 11.3 Å². The average Bonchev–Trinajstić information content (AvgIpc) is 3.00. The summed E-state index contributed by atoms with van der Waals surface area (Å²) in [7, 11) is 1.59. The lowest BCUT2D eigenvalue weighted by Crippen LogP contribution is -2.43. The molecule has 3 rings (SSSR count). The molecular formula is C19H20FN3O3. The molecule has 1 heterocycles. The van der Waals surface area contributed by atoms with E-state index in [4.69, 9.17) is 4.74 Å². The van der Waals surface area contributed by atoms with Gasteiger partial charge in [0.1, 0.15) is 11.6 Å². The summed E-state index contributed by atoms with van der Waals surface area (Å²) in [4.78, 5) is 25.7. The van der Waals surface area contributed by atoms with Crippen LogP contribution < -0.4 is 20.3 Å². The molecule has 3 amide bonds. The number of anilines is 1. The molecule has 0 radical (unpaired) electrons. The number of rotatable bonds is 5. The molecule has 0 aromatic heterocycles. The molecule has 1 atom stereocenters. The maximum atomic E-state index is 13.3. The van der Waals surface area contributed by atoms with E-state index in [0.717, 1.165) is 11.3 Å². The van der Waals surface area contributed by atoms with E-state index in [1.165, 1.54) is 17.0 Å². The summed E-state index contributed by atoms with van der Waals surface area (Å²) in [5.74, 6) is 0.208. The third kappa shape index (κ3) is 4.30. The van der Waals surface area contributed by atoms with Gasteiger partial charge in [-0.1, -0.05) is 18.2 Å². The van der Waals surface area contributed by atoms with E-state index < -0.39 is 5.82 Å². The zero-order chi connectivity index (χ0) is 18.5. The van der Waals surface area contributed by atoms with Crippen molar-refractivity contribution < 1.29 is 18.7 Å². The van der Waals surface area contributed by atoms with E-state index in [0.29, 0.717) is 18.8 Å². The molecule has 136 valence electrons. The SMILES string of the molecule is COc1ccc(CNC(=O)N[C@H]2CC(=O)N(c3cccc(F)c3)C2)cc1. The Labute approximate surface area is 150 Å². The molecule has 2 aromatic rings. The number of benzene rings is 2. The van der Waals surface area contributed by atoms with Crippen molar-refractivity contribution in [1.82, 2.24) is 10.6 Å². The van der Waals surface area contributed by atoms with Crippen LogP contribution in [0.5, 0.6) is 5.75 Å². The Morgan fingerprint density at radius 1 is 1.27 bits per heavy atom. The number of nitrogens with one attached hydrogen (secondary N) is 2. The zero-order valence-electron chi connectivity index (χ0n) is 14.4. The predicted molar refractivity (Wildman–Crippen MR) is 95.5 cm³/mol. The lowest BCUT2D eigenvalue weighted by Gasteiger charge is -2.17. The number of hydrogen-bond donors (Lipinski definition) is 2. The van der Waals surface area contributed by atoms with Gasteiger partial charge >= 0.3 is 6.03 Å². The summed E-state index contributed by atoms with van der Waals surface area (Å²) >= 11 is 0. The number of urea groups is 1. The number of nitrogens with zero attached hydrogens (tertiary/aromatic N) is 1. The summed E-state index contributed by atoms with van der Waals surface area (Å²) < 4.78 is 18.4. The Balaban J connectivity index is 1.51. The topological polar surface area (TPSA) is 70.7 Å². The lowest BCUT2D eigenvalue weighted by atomic mass is 10.2. The minimum absolute atomic E-state index is 0.143. The van der Waals surface area contributed by atoms with Gasteiger partial charge in [0.25, 0.3) is 0 Å². The highest BCUT2D eigenvalue weighted by atomic mass is 19.1. The van der Waals surface area contributed by atoms with Crippen molar-refractivity contribution >= 4 is 17.6 Å².